The van der Waals surface area contributed by atoms with Gasteiger partial charge < -0.3 is 15.3 Å². The van der Waals surface area contributed by atoms with E-state index in [1.54, 1.807) is 0 Å². The van der Waals surface area contributed by atoms with Crippen LogP contribution in [0.5, 0.6) is 0 Å². The Labute approximate surface area is 121 Å². The molecule has 1 rings (SSSR count). The first-order valence-corrected chi connectivity index (χ1v) is 7.67. The van der Waals surface area contributed by atoms with Gasteiger partial charge in [-0.25, -0.2) is 4.79 Å². The Balaban J connectivity index is 2.38. The number of rotatable bonds is 6. The van der Waals surface area contributed by atoms with E-state index in [0.717, 1.165) is 38.8 Å². The number of carboxylic acid groups (broad SMARTS) is 1. The molecule has 5 heteroatoms. The van der Waals surface area contributed by atoms with Crippen LogP contribution in [0.4, 0.5) is 4.79 Å². The highest BCUT2D eigenvalue weighted by Crippen LogP contribution is 2.33. The van der Waals surface area contributed by atoms with E-state index in [9.17, 15) is 9.59 Å². The number of likely N-dealkylation sites (tertiary alicyclic amines) is 1. The molecule has 1 aliphatic heterocycles. The molecule has 2 N–H and O–H groups in total. The summed E-state index contributed by atoms with van der Waals surface area (Å²) < 4.78 is 0. The molecule has 1 fully saturated rings. The maximum absolute atomic E-state index is 12.1. The minimum Gasteiger partial charge on any atom is -0.481 e. The summed E-state index contributed by atoms with van der Waals surface area (Å²) in [7, 11) is 0. The van der Waals surface area contributed by atoms with Gasteiger partial charge in [0.05, 0.1) is 5.92 Å². The number of carbonyl (C=O) groups excluding carboxylic acids is 1. The van der Waals surface area contributed by atoms with E-state index in [0.29, 0.717) is 11.8 Å². The first-order valence-electron chi connectivity index (χ1n) is 7.67. The van der Waals surface area contributed by atoms with Crippen LogP contribution in [0.15, 0.2) is 0 Å². The van der Waals surface area contributed by atoms with Crippen molar-refractivity contribution < 1.29 is 14.7 Å². The third kappa shape index (κ3) is 4.69. The molecule has 0 bridgehead atoms. The van der Waals surface area contributed by atoms with E-state index >= 15 is 0 Å². The number of amides is 2. The highest BCUT2D eigenvalue weighted by molar-refractivity contribution is 5.76. The normalized spacial score (nSPS) is 19.4. The van der Waals surface area contributed by atoms with Crippen LogP contribution in [-0.2, 0) is 4.79 Å². The van der Waals surface area contributed by atoms with Crippen molar-refractivity contribution in [2.24, 2.45) is 11.3 Å². The summed E-state index contributed by atoms with van der Waals surface area (Å²) in [5.74, 6) is -1.31. The molecule has 0 saturated carbocycles. The van der Waals surface area contributed by atoms with Crippen LogP contribution in [0, 0.1) is 11.3 Å². The van der Waals surface area contributed by atoms with Crippen molar-refractivity contribution in [2.45, 2.75) is 52.9 Å². The number of hydrogen-bond donors (Lipinski definition) is 2. The number of aliphatic carboxylic acids is 1. The maximum atomic E-state index is 12.1. The SMILES string of the molecule is CCCC(CNC(=O)N1CCC(C)(CC)CC1)C(=O)O. The molecule has 0 radical (unpaired) electrons. The maximum Gasteiger partial charge on any atom is 0.317 e. The van der Waals surface area contributed by atoms with Crippen molar-refractivity contribution >= 4 is 12.0 Å². The lowest BCUT2D eigenvalue weighted by Crippen LogP contribution is -2.48. The Bertz CT molecular complexity index is 336. The molecule has 1 atom stereocenters. The van der Waals surface area contributed by atoms with Crippen molar-refractivity contribution in [1.29, 1.82) is 0 Å². The molecule has 0 aromatic rings. The van der Waals surface area contributed by atoms with Crippen molar-refractivity contribution in [1.82, 2.24) is 10.2 Å². The number of carboxylic acids is 1. The lowest BCUT2D eigenvalue weighted by atomic mass is 9.78. The fourth-order valence-electron chi connectivity index (χ4n) is 2.59. The predicted molar refractivity (Wildman–Crippen MR) is 78.6 cm³/mol. The lowest BCUT2D eigenvalue weighted by molar-refractivity contribution is -0.141. The topological polar surface area (TPSA) is 69.6 Å². The third-order valence-electron chi connectivity index (χ3n) is 4.60. The monoisotopic (exact) mass is 284 g/mol. The second-order valence-electron chi connectivity index (χ2n) is 6.16. The summed E-state index contributed by atoms with van der Waals surface area (Å²) in [5, 5.41) is 11.8. The molecule has 20 heavy (non-hydrogen) atoms. The molecule has 1 saturated heterocycles. The van der Waals surface area contributed by atoms with Gasteiger partial charge in [-0.05, 0) is 24.7 Å². The summed E-state index contributed by atoms with van der Waals surface area (Å²) in [5.41, 5.74) is 0.350. The van der Waals surface area contributed by atoms with Gasteiger partial charge in [0, 0.05) is 19.6 Å². The van der Waals surface area contributed by atoms with E-state index < -0.39 is 11.9 Å². The van der Waals surface area contributed by atoms with Crippen LogP contribution in [0.3, 0.4) is 0 Å². The number of nitrogens with zero attached hydrogens (tertiary/aromatic N) is 1. The summed E-state index contributed by atoms with van der Waals surface area (Å²) >= 11 is 0. The number of urea groups is 1. The van der Waals surface area contributed by atoms with E-state index in [2.05, 4.69) is 19.2 Å². The molecule has 2 amide bonds. The zero-order chi connectivity index (χ0) is 15.2. The fourth-order valence-corrected chi connectivity index (χ4v) is 2.59. The Morgan fingerprint density at radius 3 is 2.35 bits per heavy atom. The zero-order valence-corrected chi connectivity index (χ0v) is 12.9. The van der Waals surface area contributed by atoms with E-state index in [1.807, 2.05) is 11.8 Å². The third-order valence-corrected chi connectivity index (χ3v) is 4.60. The van der Waals surface area contributed by atoms with E-state index in [1.165, 1.54) is 0 Å². The molecule has 1 heterocycles. The minimum atomic E-state index is -0.829. The second kappa shape index (κ2) is 7.50. The molecule has 0 aromatic heterocycles. The molecule has 1 aliphatic rings. The van der Waals surface area contributed by atoms with Crippen LogP contribution in [0.25, 0.3) is 0 Å². The molecular weight excluding hydrogens is 256 g/mol. The average Bonchev–Trinajstić information content (AvgIpc) is 2.43. The van der Waals surface area contributed by atoms with Crippen molar-refractivity contribution in [3.63, 3.8) is 0 Å². The van der Waals surface area contributed by atoms with Gasteiger partial charge in [-0.3, -0.25) is 4.79 Å². The first-order chi connectivity index (χ1) is 9.41. The van der Waals surface area contributed by atoms with E-state index in [4.69, 9.17) is 5.11 Å². The van der Waals surface area contributed by atoms with E-state index in [-0.39, 0.29) is 12.6 Å². The molecule has 116 valence electrons. The van der Waals surface area contributed by atoms with Crippen LogP contribution < -0.4 is 5.32 Å². The molecule has 5 nitrogen and oxygen atoms in total. The van der Waals surface area contributed by atoms with Crippen LogP contribution in [-0.4, -0.2) is 41.6 Å². The Morgan fingerprint density at radius 1 is 1.30 bits per heavy atom. The van der Waals surface area contributed by atoms with Crippen LogP contribution >= 0.6 is 0 Å². The summed E-state index contributed by atoms with van der Waals surface area (Å²) in [6.07, 6.45) is 4.59. The molecule has 0 aliphatic carbocycles. The number of piperidine rings is 1. The highest BCUT2D eigenvalue weighted by atomic mass is 16.4. The van der Waals surface area contributed by atoms with Gasteiger partial charge in [0.25, 0.3) is 0 Å². The van der Waals surface area contributed by atoms with Crippen LogP contribution in [0.2, 0.25) is 0 Å². The van der Waals surface area contributed by atoms with Crippen molar-refractivity contribution in [3.8, 4) is 0 Å². The molecular formula is C15H28N2O3. The quantitative estimate of drug-likeness (QED) is 0.788. The van der Waals surface area contributed by atoms with Gasteiger partial charge in [-0.2, -0.15) is 0 Å². The Kier molecular flexibility index (Phi) is 6.30. The standard InChI is InChI=1S/C15H28N2O3/c1-4-6-12(13(18)19)11-16-14(20)17-9-7-15(3,5-2)8-10-17/h12H,4-11H2,1-3H3,(H,16,20)(H,18,19). The summed E-state index contributed by atoms with van der Waals surface area (Å²) in [6.45, 7) is 8.17. The zero-order valence-electron chi connectivity index (χ0n) is 12.9. The largest absolute Gasteiger partial charge is 0.481 e. The van der Waals surface area contributed by atoms with Gasteiger partial charge in [-0.15, -0.1) is 0 Å². The predicted octanol–water partition coefficient (Wildman–Crippen LogP) is 2.71. The van der Waals surface area contributed by atoms with Gasteiger partial charge in [-0.1, -0.05) is 33.6 Å². The van der Waals surface area contributed by atoms with Gasteiger partial charge in [0.15, 0.2) is 0 Å². The lowest BCUT2D eigenvalue weighted by Gasteiger charge is -2.38. The minimum absolute atomic E-state index is 0.120. The highest BCUT2D eigenvalue weighted by Gasteiger charge is 2.30. The Morgan fingerprint density at radius 2 is 1.90 bits per heavy atom. The van der Waals surface area contributed by atoms with Crippen molar-refractivity contribution in [3.05, 3.63) is 0 Å². The van der Waals surface area contributed by atoms with Gasteiger partial charge in [0.2, 0.25) is 0 Å². The fraction of sp³-hybridized carbons (Fsp3) is 0.867. The summed E-state index contributed by atoms with van der Waals surface area (Å²) in [4.78, 5) is 24.9. The molecule has 1 unspecified atom stereocenters. The average molecular weight is 284 g/mol. The van der Waals surface area contributed by atoms with Crippen LogP contribution in [0.1, 0.15) is 52.9 Å². The molecule has 0 aromatic carbocycles. The number of carbonyl (C=O) groups is 2. The summed E-state index contributed by atoms with van der Waals surface area (Å²) in [6, 6.07) is -0.120. The molecule has 0 spiro atoms. The van der Waals surface area contributed by atoms with Crippen molar-refractivity contribution in [2.75, 3.05) is 19.6 Å². The number of hydrogen-bond acceptors (Lipinski definition) is 2. The number of nitrogens with one attached hydrogen (secondary N) is 1. The Hall–Kier alpha value is -1.26. The first kappa shape index (κ1) is 16.8. The second-order valence-corrected chi connectivity index (χ2v) is 6.16. The van der Waals surface area contributed by atoms with Gasteiger partial charge in [0.1, 0.15) is 0 Å². The van der Waals surface area contributed by atoms with Gasteiger partial charge >= 0.3 is 12.0 Å². The smallest absolute Gasteiger partial charge is 0.317 e.